The lowest BCUT2D eigenvalue weighted by Gasteiger charge is -2.33. The van der Waals surface area contributed by atoms with Crippen molar-refractivity contribution in [3.05, 3.63) is 52.8 Å². The van der Waals surface area contributed by atoms with Crippen molar-refractivity contribution in [1.29, 1.82) is 0 Å². The Balaban J connectivity index is 1.78. The molecule has 0 radical (unpaired) electrons. The Morgan fingerprint density at radius 3 is 2.04 bits per heavy atom. The van der Waals surface area contributed by atoms with Crippen LogP contribution in [0, 0.1) is 5.82 Å². The maximum Gasteiger partial charge on any atom is 0.246 e. The summed E-state index contributed by atoms with van der Waals surface area (Å²) in [5, 5.41) is 0. The first-order valence-electron chi connectivity index (χ1n) is 8.26. The fourth-order valence-corrected chi connectivity index (χ4v) is 6.53. The van der Waals surface area contributed by atoms with Crippen molar-refractivity contribution >= 4 is 36.0 Å². The molecule has 1 aliphatic heterocycles. The molecule has 2 aromatic carbocycles. The van der Waals surface area contributed by atoms with E-state index in [-0.39, 0.29) is 31.1 Å². The fraction of sp³-hybridized carbons (Fsp3) is 0.294. The average molecular weight is 493 g/mol. The summed E-state index contributed by atoms with van der Waals surface area (Å²) in [5.74, 6) is -0.333. The van der Waals surface area contributed by atoms with Gasteiger partial charge in [0.15, 0.2) is 0 Å². The van der Waals surface area contributed by atoms with Gasteiger partial charge in [0.2, 0.25) is 20.0 Å². The van der Waals surface area contributed by atoms with Crippen molar-refractivity contribution < 1.29 is 26.0 Å². The van der Waals surface area contributed by atoms with E-state index >= 15 is 0 Å². The second-order valence-electron chi connectivity index (χ2n) is 6.03. The highest BCUT2D eigenvalue weighted by Crippen LogP contribution is 2.29. The summed E-state index contributed by atoms with van der Waals surface area (Å²) in [5.41, 5.74) is 0. The quantitative estimate of drug-likeness (QED) is 0.639. The third kappa shape index (κ3) is 3.94. The molecule has 1 fully saturated rings. The number of halogens is 2. The molecule has 0 atom stereocenters. The van der Waals surface area contributed by atoms with E-state index in [0.29, 0.717) is 10.2 Å². The summed E-state index contributed by atoms with van der Waals surface area (Å²) in [6.45, 7) is -0.181. The Morgan fingerprint density at radius 2 is 1.50 bits per heavy atom. The van der Waals surface area contributed by atoms with Gasteiger partial charge < -0.3 is 4.74 Å². The smallest absolute Gasteiger partial charge is 0.246 e. The van der Waals surface area contributed by atoms with Crippen LogP contribution < -0.4 is 4.74 Å². The molecule has 0 saturated carbocycles. The average Bonchev–Trinajstić information content (AvgIpc) is 2.68. The lowest BCUT2D eigenvalue weighted by Crippen LogP contribution is -2.50. The van der Waals surface area contributed by atoms with Gasteiger partial charge in [0.1, 0.15) is 16.5 Å². The number of ether oxygens (including phenoxy) is 1. The lowest BCUT2D eigenvalue weighted by molar-refractivity contribution is 0.272. The monoisotopic (exact) mass is 492 g/mol. The first-order chi connectivity index (χ1) is 13.2. The number of hydrogen-bond donors (Lipinski definition) is 0. The molecule has 0 bridgehead atoms. The zero-order valence-electron chi connectivity index (χ0n) is 14.9. The van der Waals surface area contributed by atoms with Crippen LogP contribution in [0.4, 0.5) is 4.39 Å². The van der Waals surface area contributed by atoms with E-state index in [0.717, 1.165) is 10.4 Å². The van der Waals surface area contributed by atoms with E-state index in [9.17, 15) is 21.2 Å². The summed E-state index contributed by atoms with van der Waals surface area (Å²) in [6, 6.07) is 9.54. The highest BCUT2D eigenvalue weighted by molar-refractivity contribution is 9.10. The van der Waals surface area contributed by atoms with Crippen LogP contribution in [0.2, 0.25) is 0 Å². The molecule has 11 heteroatoms. The Labute approximate surface area is 171 Å². The first-order valence-corrected chi connectivity index (χ1v) is 11.9. The molecule has 152 valence electrons. The minimum atomic E-state index is -4.03. The predicted molar refractivity (Wildman–Crippen MR) is 105 cm³/mol. The van der Waals surface area contributed by atoms with E-state index < -0.39 is 30.8 Å². The number of nitrogens with zero attached hydrogens (tertiary/aromatic N) is 2. The predicted octanol–water partition coefficient (Wildman–Crippen LogP) is 2.29. The van der Waals surface area contributed by atoms with Crippen molar-refractivity contribution in [2.24, 2.45) is 0 Å². The summed E-state index contributed by atoms with van der Waals surface area (Å²) >= 11 is 3.26. The van der Waals surface area contributed by atoms with Gasteiger partial charge in [-0.3, -0.25) is 0 Å². The molecular formula is C17H18BrFN2O5S2. The second kappa shape index (κ2) is 8.07. The SMILES string of the molecule is COc1ccc(S(=O)(=O)N2CCN(S(=O)(=O)c3ccccc3F)CC2)cc1Br. The topological polar surface area (TPSA) is 84.0 Å². The van der Waals surface area contributed by atoms with E-state index in [2.05, 4.69) is 15.9 Å². The van der Waals surface area contributed by atoms with Crippen LogP contribution >= 0.6 is 15.9 Å². The Bertz CT molecular complexity index is 1080. The van der Waals surface area contributed by atoms with Gasteiger partial charge in [-0.25, -0.2) is 21.2 Å². The van der Waals surface area contributed by atoms with E-state index in [1.165, 1.54) is 47.8 Å². The number of hydrogen-bond acceptors (Lipinski definition) is 5. The molecule has 0 unspecified atom stereocenters. The molecule has 0 spiro atoms. The molecule has 0 N–H and O–H groups in total. The molecule has 1 heterocycles. The third-order valence-corrected chi connectivity index (χ3v) is 8.86. The van der Waals surface area contributed by atoms with Gasteiger partial charge in [0, 0.05) is 26.2 Å². The number of piperazine rings is 1. The van der Waals surface area contributed by atoms with Crippen LogP contribution in [0.1, 0.15) is 0 Å². The second-order valence-corrected chi connectivity index (χ2v) is 10.7. The standard InChI is InChI=1S/C17H18BrFN2O5S2/c1-26-16-7-6-13(12-14(16)18)27(22,23)20-8-10-21(11-9-20)28(24,25)17-5-3-2-4-15(17)19/h2-7,12H,8-11H2,1H3. The molecular weight excluding hydrogens is 475 g/mol. The van der Waals surface area contributed by atoms with Gasteiger partial charge in [0.25, 0.3) is 0 Å². The minimum Gasteiger partial charge on any atom is -0.496 e. The van der Waals surface area contributed by atoms with Crippen molar-refractivity contribution in [1.82, 2.24) is 8.61 Å². The van der Waals surface area contributed by atoms with Gasteiger partial charge in [0.05, 0.1) is 16.5 Å². The molecule has 0 amide bonds. The maximum absolute atomic E-state index is 13.9. The summed E-state index contributed by atoms with van der Waals surface area (Å²) in [4.78, 5) is -0.337. The largest absolute Gasteiger partial charge is 0.496 e. The van der Waals surface area contributed by atoms with Crippen LogP contribution in [-0.4, -0.2) is 58.7 Å². The van der Waals surface area contributed by atoms with Crippen LogP contribution in [0.25, 0.3) is 0 Å². The van der Waals surface area contributed by atoms with Gasteiger partial charge >= 0.3 is 0 Å². The van der Waals surface area contributed by atoms with Crippen molar-refractivity contribution in [2.45, 2.75) is 9.79 Å². The highest BCUT2D eigenvalue weighted by atomic mass is 79.9. The zero-order chi connectivity index (χ0) is 20.5. The first kappa shape index (κ1) is 21.2. The van der Waals surface area contributed by atoms with E-state index in [4.69, 9.17) is 4.74 Å². The number of methoxy groups -OCH3 is 1. The maximum atomic E-state index is 13.9. The molecule has 0 aromatic heterocycles. The van der Waals surface area contributed by atoms with Crippen LogP contribution in [0.5, 0.6) is 5.75 Å². The number of sulfonamides is 2. The van der Waals surface area contributed by atoms with Crippen LogP contribution in [0.3, 0.4) is 0 Å². The lowest BCUT2D eigenvalue weighted by atomic mass is 10.3. The van der Waals surface area contributed by atoms with Gasteiger partial charge in [-0.05, 0) is 46.3 Å². The van der Waals surface area contributed by atoms with Crippen LogP contribution in [-0.2, 0) is 20.0 Å². The molecule has 0 aliphatic carbocycles. The van der Waals surface area contributed by atoms with Crippen molar-refractivity contribution in [3.63, 3.8) is 0 Å². The zero-order valence-corrected chi connectivity index (χ0v) is 18.1. The van der Waals surface area contributed by atoms with Gasteiger partial charge in [-0.2, -0.15) is 8.61 Å². The summed E-state index contributed by atoms with van der Waals surface area (Å²) in [6.07, 6.45) is 0. The van der Waals surface area contributed by atoms with Crippen molar-refractivity contribution in [2.75, 3.05) is 33.3 Å². The minimum absolute atomic E-state index is 0.0281. The molecule has 28 heavy (non-hydrogen) atoms. The molecule has 1 aliphatic rings. The molecule has 3 rings (SSSR count). The Morgan fingerprint density at radius 1 is 0.929 bits per heavy atom. The fourth-order valence-electron chi connectivity index (χ4n) is 2.90. The van der Waals surface area contributed by atoms with Crippen LogP contribution in [0.15, 0.2) is 56.7 Å². The van der Waals surface area contributed by atoms with Gasteiger partial charge in [-0.15, -0.1) is 0 Å². The van der Waals surface area contributed by atoms with Crippen molar-refractivity contribution in [3.8, 4) is 5.75 Å². The molecule has 1 saturated heterocycles. The number of rotatable bonds is 5. The highest BCUT2D eigenvalue weighted by Gasteiger charge is 2.35. The molecule has 7 nitrogen and oxygen atoms in total. The summed E-state index contributed by atoms with van der Waals surface area (Å²) in [7, 11) is -6.35. The Kier molecular flexibility index (Phi) is 6.11. The summed E-state index contributed by atoms with van der Waals surface area (Å²) < 4.78 is 72.8. The van der Waals surface area contributed by atoms with E-state index in [1.54, 1.807) is 0 Å². The van der Waals surface area contributed by atoms with Gasteiger partial charge in [-0.1, -0.05) is 12.1 Å². The normalized spacial score (nSPS) is 16.8. The Hall–Kier alpha value is -1.53. The van der Waals surface area contributed by atoms with E-state index in [1.807, 2.05) is 0 Å². The third-order valence-electron chi connectivity index (χ3n) is 4.41. The number of benzene rings is 2. The molecule has 2 aromatic rings.